The van der Waals surface area contributed by atoms with Gasteiger partial charge in [0.05, 0.1) is 0 Å². The third-order valence-electron chi connectivity index (χ3n) is 8.62. The van der Waals surface area contributed by atoms with Crippen LogP contribution in [0.4, 0.5) is 0 Å². The molecule has 0 radical (unpaired) electrons. The first-order chi connectivity index (χ1) is 21.6. The van der Waals surface area contributed by atoms with E-state index in [1.807, 2.05) is 0 Å². The highest BCUT2D eigenvalue weighted by atomic mass is 16.6. The summed E-state index contributed by atoms with van der Waals surface area (Å²) in [6.45, 7) is 4.77. The van der Waals surface area contributed by atoms with Crippen LogP contribution in [0.2, 0.25) is 0 Å². The first-order valence-electron chi connectivity index (χ1n) is 19.3. The quantitative estimate of drug-likeness (QED) is 0.0432. The Balaban J connectivity index is 3.53. The maximum Gasteiger partial charge on any atom is 0.306 e. The van der Waals surface area contributed by atoms with Gasteiger partial charge in [0.2, 0.25) is 0 Å². The molecule has 1 atom stereocenters. The van der Waals surface area contributed by atoms with Crippen molar-refractivity contribution < 1.29 is 19.1 Å². The maximum absolute atomic E-state index is 12.2. The summed E-state index contributed by atoms with van der Waals surface area (Å²) >= 11 is 0. The lowest BCUT2D eigenvalue weighted by Crippen LogP contribution is -2.32. The smallest absolute Gasteiger partial charge is 0.306 e. The minimum Gasteiger partial charge on any atom is -0.462 e. The lowest BCUT2D eigenvalue weighted by atomic mass is 10.0. The zero-order valence-electron chi connectivity index (χ0n) is 29.6. The molecule has 0 fully saturated rings. The molecule has 5 heteroatoms. The number of ether oxygens (including phenoxy) is 2. The van der Waals surface area contributed by atoms with Gasteiger partial charge in [-0.05, 0) is 38.5 Å². The molecule has 0 spiro atoms. The molecular weight excluding hydrogens is 546 g/mol. The van der Waals surface area contributed by atoms with E-state index in [4.69, 9.17) is 15.2 Å². The standard InChI is InChI=1S/C39H75NO4/c1-3-5-7-9-11-13-15-17-19-21-23-25-27-29-31-33-38(41)43-36-37(35-40)44-39(42)34-32-30-28-26-24-22-20-18-16-14-12-10-8-6-4-2/h17,19,37H,3-16,18,20-36,40H2,1-2H3/b19-17-. The second-order valence-electron chi connectivity index (χ2n) is 13.1. The van der Waals surface area contributed by atoms with Gasteiger partial charge in [-0.2, -0.15) is 0 Å². The molecule has 1 unspecified atom stereocenters. The Hall–Kier alpha value is -1.36. The molecule has 44 heavy (non-hydrogen) atoms. The van der Waals surface area contributed by atoms with Crippen molar-refractivity contribution in [3.63, 3.8) is 0 Å². The zero-order valence-corrected chi connectivity index (χ0v) is 29.6. The van der Waals surface area contributed by atoms with Crippen molar-refractivity contribution in [1.82, 2.24) is 0 Å². The fraction of sp³-hybridized carbons (Fsp3) is 0.897. The van der Waals surface area contributed by atoms with E-state index in [9.17, 15) is 9.59 Å². The van der Waals surface area contributed by atoms with Crippen molar-refractivity contribution in [2.45, 2.75) is 213 Å². The number of carbonyl (C=O) groups is 2. The summed E-state index contributed by atoms with van der Waals surface area (Å²) in [4.78, 5) is 24.3. The van der Waals surface area contributed by atoms with Crippen LogP contribution in [-0.4, -0.2) is 31.2 Å². The summed E-state index contributed by atoms with van der Waals surface area (Å²) in [5.74, 6) is -0.456. The Labute approximate surface area is 274 Å². The van der Waals surface area contributed by atoms with Gasteiger partial charge in [0.1, 0.15) is 12.7 Å². The fourth-order valence-electron chi connectivity index (χ4n) is 5.63. The van der Waals surface area contributed by atoms with Crippen molar-refractivity contribution in [2.24, 2.45) is 5.73 Å². The Morgan fingerprint density at radius 2 is 0.841 bits per heavy atom. The topological polar surface area (TPSA) is 78.6 Å². The average Bonchev–Trinajstić information content (AvgIpc) is 3.02. The van der Waals surface area contributed by atoms with E-state index in [0.717, 1.165) is 38.5 Å². The molecule has 0 bridgehead atoms. The van der Waals surface area contributed by atoms with Crippen LogP contribution in [0.15, 0.2) is 12.2 Å². The molecular formula is C39H75NO4. The highest BCUT2D eigenvalue weighted by Gasteiger charge is 2.15. The van der Waals surface area contributed by atoms with E-state index < -0.39 is 6.10 Å². The van der Waals surface area contributed by atoms with Crippen LogP contribution >= 0.6 is 0 Å². The number of nitrogens with two attached hydrogens (primary N) is 1. The van der Waals surface area contributed by atoms with E-state index in [1.165, 1.54) is 141 Å². The molecule has 0 heterocycles. The molecule has 5 nitrogen and oxygen atoms in total. The van der Waals surface area contributed by atoms with Crippen LogP contribution in [0.1, 0.15) is 206 Å². The third kappa shape index (κ3) is 33.5. The highest BCUT2D eigenvalue weighted by molar-refractivity contribution is 5.70. The zero-order chi connectivity index (χ0) is 32.2. The summed E-state index contributed by atoms with van der Waals surface area (Å²) in [6.07, 6.45) is 40.5. The van der Waals surface area contributed by atoms with Gasteiger partial charge in [-0.25, -0.2) is 0 Å². The summed E-state index contributed by atoms with van der Waals surface area (Å²) in [7, 11) is 0. The lowest BCUT2D eigenvalue weighted by molar-refractivity contribution is -0.158. The average molecular weight is 622 g/mol. The Bertz CT molecular complexity index is 636. The molecule has 0 aromatic carbocycles. The van der Waals surface area contributed by atoms with Gasteiger partial charge in [0.15, 0.2) is 0 Å². The fourth-order valence-corrected chi connectivity index (χ4v) is 5.63. The summed E-state index contributed by atoms with van der Waals surface area (Å²) in [6, 6.07) is 0. The van der Waals surface area contributed by atoms with E-state index in [1.54, 1.807) is 0 Å². The molecule has 260 valence electrons. The van der Waals surface area contributed by atoms with Crippen LogP contribution in [0.25, 0.3) is 0 Å². The molecule has 0 amide bonds. The van der Waals surface area contributed by atoms with Crippen molar-refractivity contribution >= 4 is 11.9 Å². The molecule has 0 rings (SSSR count). The van der Waals surface area contributed by atoms with Crippen LogP contribution in [0.3, 0.4) is 0 Å². The Morgan fingerprint density at radius 1 is 0.500 bits per heavy atom. The largest absolute Gasteiger partial charge is 0.462 e. The Kier molecular flexibility index (Phi) is 35.0. The van der Waals surface area contributed by atoms with Crippen molar-refractivity contribution in [3.05, 3.63) is 12.2 Å². The van der Waals surface area contributed by atoms with E-state index in [2.05, 4.69) is 26.0 Å². The molecule has 0 aromatic rings. The van der Waals surface area contributed by atoms with Crippen LogP contribution in [0, 0.1) is 0 Å². The van der Waals surface area contributed by atoms with E-state index >= 15 is 0 Å². The summed E-state index contributed by atoms with van der Waals surface area (Å²) in [5, 5.41) is 0. The van der Waals surface area contributed by atoms with E-state index in [-0.39, 0.29) is 25.1 Å². The van der Waals surface area contributed by atoms with Gasteiger partial charge in [0.25, 0.3) is 0 Å². The maximum atomic E-state index is 12.2. The number of esters is 2. The normalized spacial score (nSPS) is 12.2. The van der Waals surface area contributed by atoms with Gasteiger partial charge in [-0.15, -0.1) is 0 Å². The number of carbonyl (C=O) groups excluding carboxylic acids is 2. The van der Waals surface area contributed by atoms with E-state index in [0.29, 0.717) is 12.8 Å². The molecule has 0 saturated heterocycles. The predicted molar refractivity (Wildman–Crippen MR) is 189 cm³/mol. The van der Waals surface area contributed by atoms with Crippen molar-refractivity contribution in [2.75, 3.05) is 13.2 Å². The highest BCUT2D eigenvalue weighted by Crippen LogP contribution is 2.14. The number of hydrogen-bond acceptors (Lipinski definition) is 5. The minimum atomic E-state index is -0.545. The SMILES string of the molecule is CCCCCCCC/C=C\CCCCCCCC(=O)OCC(CN)OC(=O)CCCCCCCCCCCCCCCCC. The summed E-state index contributed by atoms with van der Waals surface area (Å²) < 4.78 is 10.8. The summed E-state index contributed by atoms with van der Waals surface area (Å²) in [5.41, 5.74) is 5.76. The van der Waals surface area contributed by atoms with Crippen LogP contribution in [0.5, 0.6) is 0 Å². The molecule has 0 aliphatic rings. The van der Waals surface area contributed by atoms with Crippen molar-refractivity contribution in [1.29, 1.82) is 0 Å². The van der Waals surface area contributed by atoms with Crippen LogP contribution in [-0.2, 0) is 19.1 Å². The first kappa shape index (κ1) is 42.6. The van der Waals surface area contributed by atoms with Gasteiger partial charge in [-0.1, -0.05) is 167 Å². The number of allylic oxidation sites excluding steroid dienone is 2. The minimum absolute atomic E-state index is 0.0605. The molecule has 0 aromatic heterocycles. The van der Waals surface area contributed by atoms with Gasteiger partial charge in [-0.3, -0.25) is 9.59 Å². The number of rotatable bonds is 35. The molecule has 0 aliphatic carbocycles. The number of hydrogen-bond donors (Lipinski definition) is 1. The second-order valence-corrected chi connectivity index (χ2v) is 13.1. The predicted octanol–water partition coefficient (Wildman–Crippen LogP) is 11.7. The van der Waals surface area contributed by atoms with Crippen molar-refractivity contribution in [3.8, 4) is 0 Å². The van der Waals surface area contributed by atoms with Gasteiger partial charge in [0, 0.05) is 19.4 Å². The second kappa shape index (κ2) is 36.1. The molecule has 2 N–H and O–H groups in total. The Morgan fingerprint density at radius 3 is 1.23 bits per heavy atom. The van der Waals surface area contributed by atoms with Crippen LogP contribution < -0.4 is 5.73 Å². The monoisotopic (exact) mass is 622 g/mol. The first-order valence-corrected chi connectivity index (χ1v) is 19.3. The lowest BCUT2D eigenvalue weighted by Gasteiger charge is -2.16. The molecule has 0 aliphatic heterocycles. The molecule has 0 saturated carbocycles. The number of unbranched alkanes of at least 4 members (excludes halogenated alkanes) is 25. The van der Waals surface area contributed by atoms with Gasteiger partial charge < -0.3 is 15.2 Å². The van der Waals surface area contributed by atoms with Gasteiger partial charge >= 0.3 is 11.9 Å². The third-order valence-corrected chi connectivity index (χ3v) is 8.62.